The van der Waals surface area contributed by atoms with Gasteiger partial charge in [0.1, 0.15) is 6.04 Å². The Morgan fingerprint density at radius 3 is 2.52 bits per heavy atom. The molecule has 160 valence electrons. The van der Waals surface area contributed by atoms with E-state index >= 15 is 0 Å². The van der Waals surface area contributed by atoms with Gasteiger partial charge in [-0.1, -0.05) is 23.7 Å². The third-order valence-corrected chi connectivity index (χ3v) is 5.53. The van der Waals surface area contributed by atoms with Crippen LogP contribution in [0.2, 0.25) is 5.02 Å². The third kappa shape index (κ3) is 3.88. The van der Waals surface area contributed by atoms with Crippen LogP contribution in [0, 0.1) is 0 Å². The standard InChI is InChI=1S/C21H16ClF2N3O4/c22-13-3-5-14(6-4-13)25-20(31)21(23,24)12-2-1-11-10-27(19(30)15(11)9-12)16-7-8-17(28)26-18(16)29/h1-6,9,16H,7-8,10H2,(H,25,31)(H,26,28,29). The lowest BCUT2D eigenvalue weighted by atomic mass is 10.0. The molecule has 0 radical (unpaired) electrons. The maximum Gasteiger partial charge on any atom is 0.350 e. The molecule has 0 spiro atoms. The van der Waals surface area contributed by atoms with E-state index in [1.54, 1.807) is 0 Å². The van der Waals surface area contributed by atoms with Crippen LogP contribution in [0.4, 0.5) is 14.5 Å². The molecule has 1 saturated heterocycles. The number of alkyl halides is 2. The Hall–Kier alpha value is -3.33. The van der Waals surface area contributed by atoms with E-state index in [0.717, 1.165) is 12.1 Å². The van der Waals surface area contributed by atoms with Gasteiger partial charge in [0.25, 0.3) is 11.8 Å². The number of benzene rings is 2. The van der Waals surface area contributed by atoms with Gasteiger partial charge < -0.3 is 10.2 Å². The normalized spacial score (nSPS) is 18.6. The van der Waals surface area contributed by atoms with Gasteiger partial charge in [-0.05, 0) is 42.3 Å². The molecule has 1 unspecified atom stereocenters. The van der Waals surface area contributed by atoms with Crippen LogP contribution in [0.15, 0.2) is 42.5 Å². The van der Waals surface area contributed by atoms with Crippen LogP contribution in [-0.2, 0) is 26.9 Å². The molecule has 7 nitrogen and oxygen atoms in total. The highest BCUT2D eigenvalue weighted by Gasteiger charge is 2.44. The van der Waals surface area contributed by atoms with Crippen molar-refractivity contribution in [3.8, 4) is 0 Å². The lowest BCUT2D eigenvalue weighted by molar-refractivity contribution is -0.141. The summed E-state index contributed by atoms with van der Waals surface area (Å²) in [6.45, 7) is 0.0588. The lowest BCUT2D eigenvalue weighted by Gasteiger charge is -2.29. The second kappa shape index (κ2) is 7.73. The predicted octanol–water partition coefficient (Wildman–Crippen LogP) is 2.83. The Morgan fingerprint density at radius 2 is 1.84 bits per heavy atom. The Bertz CT molecular complexity index is 1100. The minimum atomic E-state index is -3.91. The van der Waals surface area contributed by atoms with Crippen molar-refractivity contribution in [2.24, 2.45) is 0 Å². The van der Waals surface area contributed by atoms with Crippen molar-refractivity contribution in [1.82, 2.24) is 10.2 Å². The summed E-state index contributed by atoms with van der Waals surface area (Å²) in [6.07, 6.45) is 0.252. The van der Waals surface area contributed by atoms with Crippen LogP contribution in [0.5, 0.6) is 0 Å². The first-order valence-corrected chi connectivity index (χ1v) is 9.77. The van der Waals surface area contributed by atoms with Crippen molar-refractivity contribution in [3.05, 3.63) is 64.2 Å². The topological polar surface area (TPSA) is 95.6 Å². The molecule has 31 heavy (non-hydrogen) atoms. The Balaban J connectivity index is 1.55. The second-order valence-electron chi connectivity index (χ2n) is 7.31. The molecule has 4 rings (SSSR count). The Morgan fingerprint density at radius 1 is 1.13 bits per heavy atom. The van der Waals surface area contributed by atoms with E-state index in [1.807, 2.05) is 0 Å². The van der Waals surface area contributed by atoms with Gasteiger partial charge in [0.05, 0.1) is 0 Å². The van der Waals surface area contributed by atoms with Gasteiger partial charge in [-0.25, -0.2) is 0 Å². The zero-order valence-corrected chi connectivity index (χ0v) is 16.7. The van der Waals surface area contributed by atoms with Crippen LogP contribution >= 0.6 is 11.6 Å². The van der Waals surface area contributed by atoms with Crippen LogP contribution in [0.1, 0.15) is 34.3 Å². The molecule has 0 aromatic heterocycles. The minimum absolute atomic E-state index is 0.00108. The first kappa shape index (κ1) is 20.9. The number of rotatable bonds is 4. The molecule has 0 aliphatic carbocycles. The molecule has 2 N–H and O–H groups in total. The second-order valence-corrected chi connectivity index (χ2v) is 7.74. The van der Waals surface area contributed by atoms with E-state index in [-0.39, 0.29) is 30.6 Å². The van der Waals surface area contributed by atoms with Crippen molar-refractivity contribution in [2.75, 3.05) is 5.32 Å². The maximum atomic E-state index is 14.8. The number of imide groups is 1. The van der Waals surface area contributed by atoms with Crippen LogP contribution < -0.4 is 10.6 Å². The lowest BCUT2D eigenvalue weighted by Crippen LogP contribution is -2.52. The minimum Gasteiger partial charge on any atom is -0.322 e. The van der Waals surface area contributed by atoms with Gasteiger partial charge in [0.15, 0.2) is 0 Å². The first-order valence-electron chi connectivity index (χ1n) is 9.39. The summed E-state index contributed by atoms with van der Waals surface area (Å²) in [7, 11) is 0. The molecular formula is C21H16ClF2N3O4. The molecular weight excluding hydrogens is 432 g/mol. The monoisotopic (exact) mass is 447 g/mol. The highest BCUT2D eigenvalue weighted by Crippen LogP contribution is 2.34. The number of fused-ring (bicyclic) bond motifs is 1. The highest BCUT2D eigenvalue weighted by molar-refractivity contribution is 6.30. The molecule has 2 aromatic carbocycles. The first-order chi connectivity index (χ1) is 14.7. The number of piperidine rings is 1. The number of amides is 4. The summed E-state index contributed by atoms with van der Waals surface area (Å²) in [4.78, 5) is 49.7. The summed E-state index contributed by atoms with van der Waals surface area (Å²) in [5.41, 5.74) is -0.0277. The molecule has 1 atom stereocenters. The molecule has 0 saturated carbocycles. The zero-order valence-electron chi connectivity index (χ0n) is 16.0. The van der Waals surface area contributed by atoms with E-state index < -0.39 is 41.2 Å². The number of halogens is 3. The summed E-state index contributed by atoms with van der Waals surface area (Å²) in [5.74, 6) is -7.07. The van der Waals surface area contributed by atoms with Gasteiger partial charge >= 0.3 is 5.92 Å². The molecule has 2 heterocycles. The molecule has 0 bridgehead atoms. The number of carbonyl (C=O) groups is 4. The van der Waals surface area contributed by atoms with E-state index in [1.165, 1.54) is 35.2 Å². The van der Waals surface area contributed by atoms with E-state index in [4.69, 9.17) is 11.6 Å². The summed E-state index contributed by atoms with van der Waals surface area (Å²) in [6, 6.07) is 8.24. The van der Waals surface area contributed by atoms with Gasteiger partial charge in [0.2, 0.25) is 11.8 Å². The average Bonchev–Trinajstić information content (AvgIpc) is 3.05. The van der Waals surface area contributed by atoms with Crippen LogP contribution in [-0.4, -0.2) is 34.6 Å². The third-order valence-electron chi connectivity index (χ3n) is 5.28. The van der Waals surface area contributed by atoms with Gasteiger partial charge in [-0.15, -0.1) is 0 Å². The van der Waals surface area contributed by atoms with Crippen molar-refractivity contribution >= 4 is 40.9 Å². The summed E-state index contributed by atoms with van der Waals surface area (Å²) >= 11 is 5.75. The smallest absolute Gasteiger partial charge is 0.322 e. The van der Waals surface area contributed by atoms with Gasteiger partial charge in [0, 0.05) is 34.8 Å². The van der Waals surface area contributed by atoms with Crippen LogP contribution in [0.3, 0.4) is 0 Å². The molecule has 4 amide bonds. The van der Waals surface area contributed by atoms with Crippen molar-refractivity contribution in [1.29, 1.82) is 0 Å². The van der Waals surface area contributed by atoms with E-state index in [9.17, 15) is 28.0 Å². The highest BCUT2D eigenvalue weighted by atomic mass is 35.5. The van der Waals surface area contributed by atoms with Crippen molar-refractivity contribution in [3.63, 3.8) is 0 Å². The number of nitrogens with zero attached hydrogens (tertiary/aromatic N) is 1. The molecule has 1 fully saturated rings. The fourth-order valence-corrected chi connectivity index (χ4v) is 3.75. The van der Waals surface area contributed by atoms with E-state index in [2.05, 4.69) is 10.6 Å². The Labute approximate surface area is 180 Å². The number of hydrogen-bond acceptors (Lipinski definition) is 4. The summed E-state index contributed by atoms with van der Waals surface area (Å²) < 4.78 is 29.6. The van der Waals surface area contributed by atoms with Crippen LogP contribution in [0.25, 0.3) is 0 Å². The number of anilines is 1. The number of nitrogens with one attached hydrogen (secondary N) is 2. The fraction of sp³-hybridized carbons (Fsp3) is 0.238. The Kier molecular flexibility index (Phi) is 5.22. The largest absolute Gasteiger partial charge is 0.350 e. The fourth-order valence-electron chi connectivity index (χ4n) is 3.62. The van der Waals surface area contributed by atoms with E-state index in [0.29, 0.717) is 10.6 Å². The quantitative estimate of drug-likeness (QED) is 0.704. The predicted molar refractivity (Wildman–Crippen MR) is 106 cm³/mol. The SMILES string of the molecule is O=C1CCC(N2Cc3ccc(C(F)(F)C(=O)Nc4ccc(Cl)cc4)cc3C2=O)C(=O)N1. The number of carbonyl (C=O) groups excluding carboxylic acids is 4. The molecule has 2 aliphatic heterocycles. The van der Waals surface area contributed by atoms with Gasteiger partial charge in [-0.2, -0.15) is 8.78 Å². The molecule has 2 aromatic rings. The van der Waals surface area contributed by atoms with Crippen molar-refractivity contribution < 1.29 is 28.0 Å². The molecule has 2 aliphatic rings. The molecule has 10 heteroatoms. The maximum absolute atomic E-state index is 14.8. The van der Waals surface area contributed by atoms with Crippen molar-refractivity contribution in [2.45, 2.75) is 31.4 Å². The zero-order chi connectivity index (χ0) is 22.3. The summed E-state index contributed by atoms with van der Waals surface area (Å²) in [5, 5.41) is 4.70. The number of hydrogen-bond donors (Lipinski definition) is 2. The average molecular weight is 448 g/mol. The van der Waals surface area contributed by atoms with Gasteiger partial charge in [-0.3, -0.25) is 24.5 Å².